The van der Waals surface area contributed by atoms with Crippen molar-refractivity contribution in [3.8, 4) is 0 Å². The van der Waals surface area contributed by atoms with Crippen LogP contribution in [-0.2, 0) is 21.2 Å². The number of halogens is 1. The van der Waals surface area contributed by atoms with Crippen LogP contribution < -0.4 is 0 Å². The zero-order valence-electron chi connectivity index (χ0n) is 20.9. The molecule has 0 spiro atoms. The lowest BCUT2D eigenvalue weighted by Crippen LogP contribution is -2.55. The predicted octanol–water partition coefficient (Wildman–Crippen LogP) is 3.01. The second-order valence-electron chi connectivity index (χ2n) is 8.50. The molecule has 0 aliphatic carbocycles. The summed E-state index contributed by atoms with van der Waals surface area (Å²) in [6.45, 7) is 6.92. The molecule has 0 N–H and O–H groups in total. The standard InChI is InChI=1S/C23H28ClN5O7S/c1-5-7-18-20(23(31)36-6-2)21(26-15(4)25-18)22(30)27-10-11-28(14(3)13-27)37(34,35)16-8-9-17(24)19(12-16)29(32)33/h8-9,12,14H,5-7,10-11,13H2,1-4H3. The van der Waals surface area contributed by atoms with Crippen molar-refractivity contribution in [3.63, 3.8) is 0 Å². The number of carbonyl (C=O) groups is 2. The lowest BCUT2D eigenvalue weighted by molar-refractivity contribution is -0.384. The fraction of sp³-hybridized carbons (Fsp3) is 0.478. The first-order valence-corrected chi connectivity index (χ1v) is 13.5. The molecule has 0 bridgehead atoms. The van der Waals surface area contributed by atoms with Crippen LogP contribution in [0.2, 0.25) is 5.02 Å². The molecule has 1 aromatic heterocycles. The van der Waals surface area contributed by atoms with Gasteiger partial charge < -0.3 is 9.64 Å². The van der Waals surface area contributed by atoms with Gasteiger partial charge in [-0.05, 0) is 39.3 Å². The molecule has 1 fully saturated rings. The number of nitrogens with zero attached hydrogens (tertiary/aromatic N) is 5. The molecule has 2 aromatic rings. The summed E-state index contributed by atoms with van der Waals surface area (Å²) in [5.74, 6) is -0.886. The molecule has 1 atom stereocenters. The number of amides is 1. The number of rotatable bonds is 8. The van der Waals surface area contributed by atoms with E-state index in [1.807, 2.05) is 6.92 Å². The first kappa shape index (κ1) is 28.4. The average molecular weight is 554 g/mol. The minimum atomic E-state index is -4.11. The fourth-order valence-electron chi connectivity index (χ4n) is 4.18. The van der Waals surface area contributed by atoms with Crippen LogP contribution in [-0.4, -0.2) is 76.7 Å². The second-order valence-corrected chi connectivity index (χ2v) is 10.8. The molecular weight excluding hydrogens is 526 g/mol. The Kier molecular flexibility index (Phi) is 8.82. The first-order valence-electron chi connectivity index (χ1n) is 11.7. The summed E-state index contributed by atoms with van der Waals surface area (Å²) in [4.78, 5) is 46.5. The Bertz CT molecular complexity index is 1340. The Morgan fingerprint density at radius 3 is 2.54 bits per heavy atom. The number of nitro benzene ring substituents is 1. The molecule has 1 amide bonds. The third-order valence-electron chi connectivity index (χ3n) is 5.84. The Hall–Kier alpha value is -3.16. The van der Waals surface area contributed by atoms with Gasteiger partial charge in [0.25, 0.3) is 11.6 Å². The maximum Gasteiger partial charge on any atom is 0.342 e. The van der Waals surface area contributed by atoms with E-state index in [-0.39, 0.29) is 47.4 Å². The number of ether oxygens (including phenoxy) is 1. The van der Waals surface area contributed by atoms with Gasteiger partial charge in [-0.15, -0.1) is 0 Å². The van der Waals surface area contributed by atoms with Gasteiger partial charge in [0, 0.05) is 31.7 Å². The third-order valence-corrected chi connectivity index (χ3v) is 8.17. The molecular formula is C23H28ClN5O7S. The second kappa shape index (κ2) is 11.5. The Morgan fingerprint density at radius 1 is 1.24 bits per heavy atom. The number of hydrogen-bond donors (Lipinski definition) is 0. The van der Waals surface area contributed by atoms with Crippen LogP contribution in [0.1, 0.15) is 59.6 Å². The summed E-state index contributed by atoms with van der Waals surface area (Å²) in [6, 6.07) is 2.63. The molecule has 14 heteroatoms. The molecule has 1 aliphatic rings. The van der Waals surface area contributed by atoms with E-state index in [9.17, 15) is 28.1 Å². The van der Waals surface area contributed by atoms with Crippen LogP contribution in [0.25, 0.3) is 0 Å². The zero-order chi connectivity index (χ0) is 27.5. The largest absolute Gasteiger partial charge is 0.462 e. The Balaban J connectivity index is 1.90. The lowest BCUT2D eigenvalue weighted by Gasteiger charge is -2.38. The van der Waals surface area contributed by atoms with Gasteiger partial charge in [0.15, 0.2) is 0 Å². The van der Waals surface area contributed by atoms with Crippen molar-refractivity contribution in [1.82, 2.24) is 19.2 Å². The van der Waals surface area contributed by atoms with Crippen LogP contribution in [0.4, 0.5) is 5.69 Å². The number of piperazine rings is 1. The van der Waals surface area contributed by atoms with E-state index in [1.165, 1.54) is 21.3 Å². The van der Waals surface area contributed by atoms with Crippen molar-refractivity contribution in [1.29, 1.82) is 0 Å². The molecule has 2 heterocycles. The maximum atomic E-state index is 13.5. The van der Waals surface area contributed by atoms with Crippen LogP contribution >= 0.6 is 11.6 Å². The molecule has 1 unspecified atom stereocenters. The van der Waals surface area contributed by atoms with Gasteiger partial charge in [-0.2, -0.15) is 4.31 Å². The molecule has 1 aliphatic heterocycles. The van der Waals surface area contributed by atoms with Gasteiger partial charge in [0.1, 0.15) is 22.1 Å². The quantitative estimate of drug-likeness (QED) is 0.272. The number of hydrogen-bond acceptors (Lipinski definition) is 9. The van der Waals surface area contributed by atoms with Gasteiger partial charge in [-0.1, -0.05) is 24.9 Å². The number of nitro groups is 1. The van der Waals surface area contributed by atoms with Gasteiger partial charge in [-0.3, -0.25) is 14.9 Å². The van der Waals surface area contributed by atoms with Crippen LogP contribution in [0, 0.1) is 17.0 Å². The van der Waals surface area contributed by atoms with Crippen molar-refractivity contribution in [2.45, 2.75) is 51.5 Å². The number of carbonyl (C=O) groups excluding carboxylic acids is 2. The molecule has 0 radical (unpaired) electrons. The monoisotopic (exact) mass is 553 g/mol. The molecule has 3 rings (SSSR count). The Labute approximate surface area is 219 Å². The molecule has 0 saturated carbocycles. The number of benzene rings is 1. The number of aryl methyl sites for hydroxylation is 2. The normalized spacial score (nSPS) is 16.5. The fourth-order valence-corrected chi connectivity index (χ4v) is 6.00. The molecule has 12 nitrogen and oxygen atoms in total. The molecule has 1 aromatic carbocycles. The predicted molar refractivity (Wildman–Crippen MR) is 134 cm³/mol. The van der Waals surface area contributed by atoms with E-state index in [4.69, 9.17) is 16.3 Å². The third kappa shape index (κ3) is 5.89. The van der Waals surface area contributed by atoms with Crippen molar-refractivity contribution >= 4 is 39.2 Å². The SMILES string of the molecule is CCCc1nc(C)nc(C(=O)N2CCN(S(=O)(=O)c3ccc(Cl)c([N+](=O)[O-])c3)C(C)C2)c1C(=O)OCC. The van der Waals surface area contributed by atoms with E-state index in [1.54, 1.807) is 20.8 Å². The van der Waals surface area contributed by atoms with Gasteiger partial charge in [-0.25, -0.2) is 23.2 Å². The van der Waals surface area contributed by atoms with E-state index in [0.29, 0.717) is 24.4 Å². The number of sulfonamides is 1. The smallest absolute Gasteiger partial charge is 0.342 e. The van der Waals surface area contributed by atoms with Crippen molar-refractivity contribution in [2.24, 2.45) is 0 Å². The highest BCUT2D eigenvalue weighted by Gasteiger charge is 2.38. The minimum absolute atomic E-state index is 0.0160. The zero-order valence-corrected chi connectivity index (χ0v) is 22.5. The summed E-state index contributed by atoms with van der Waals surface area (Å²) in [6.07, 6.45) is 1.14. The highest BCUT2D eigenvalue weighted by Crippen LogP contribution is 2.30. The van der Waals surface area contributed by atoms with Crippen LogP contribution in [0.5, 0.6) is 0 Å². The molecule has 1 saturated heterocycles. The number of esters is 1. The first-order chi connectivity index (χ1) is 17.4. The maximum absolute atomic E-state index is 13.5. The molecule has 200 valence electrons. The van der Waals surface area contributed by atoms with Crippen molar-refractivity contribution in [3.05, 3.63) is 56.1 Å². The van der Waals surface area contributed by atoms with Gasteiger partial charge >= 0.3 is 5.97 Å². The van der Waals surface area contributed by atoms with E-state index < -0.39 is 38.6 Å². The van der Waals surface area contributed by atoms with Crippen LogP contribution in [0.3, 0.4) is 0 Å². The van der Waals surface area contributed by atoms with Gasteiger partial charge in [0.2, 0.25) is 10.0 Å². The Morgan fingerprint density at radius 2 is 1.95 bits per heavy atom. The summed E-state index contributed by atoms with van der Waals surface area (Å²) in [5.41, 5.74) is -0.144. The highest BCUT2D eigenvalue weighted by atomic mass is 35.5. The van der Waals surface area contributed by atoms with Gasteiger partial charge in [0.05, 0.1) is 22.1 Å². The van der Waals surface area contributed by atoms with Crippen LogP contribution in [0.15, 0.2) is 23.1 Å². The summed E-state index contributed by atoms with van der Waals surface area (Å²) in [7, 11) is -4.11. The molecule has 37 heavy (non-hydrogen) atoms. The summed E-state index contributed by atoms with van der Waals surface area (Å²) < 4.78 is 32.9. The van der Waals surface area contributed by atoms with E-state index >= 15 is 0 Å². The average Bonchev–Trinajstić information content (AvgIpc) is 2.83. The topological polar surface area (TPSA) is 153 Å². The summed E-state index contributed by atoms with van der Waals surface area (Å²) >= 11 is 5.83. The minimum Gasteiger partial charge on any atom is -0.462 e. The van der Waals surface area contributed by atoms with E-state index in [2.05, 4.69) is 9.97 Å². The summed E-state index contributed by atoms with van der Waals surface area (Å²) in [5, 5.41) is 11.1. The van der Waals surface area contributed by atoms with Crippen molar-refractivity contribution in [2.75, 3.05) is 26.2 Å². The van der Waals surface area contributed by atoms with Crippen molar-refractivity contribution < 1.29 is 27.7 Å². The highest BCUT2D eigenvalue weighted by molar-refractivity contribution is 7.89. The lowest BCUT2D eigenvalue weighted by atomic mass is 10.1. The number of aromatic nitrogens is 2. The van der Waals surface area contributed by atoms with E-state index in [0.717, 1.165) is 6.07 Å².